The third kappa shape index (κ3) is 4.87. The summed E-state index contributed by atoms with van der Waals surface area (Å²) in [6, 6.07) is 15.5. The number of hydrogen-bond donors (Lipinski definition) is 2. The van der Waals surface area contributed by atoms with Gasteiger partial charge in [0.05, 0.1) is 5.92 Å². The number of carboxylic acid groups (broad SMARTS) is 1. The Morgan fingerprint density at radius 1 is 1.09 bits per heavy atom. The van der Waals surface area contributed by atoms with E-state index in [1.807, 2.05) is 31.2 Å². The molecule has 174 valence electrons. The third-order valence-corrected chi connectivity index (χ3v) is 6.59. The molecular weight excluding hydrogens is 420 g/mol. The van der Waals surface area contributed by atoms with E-state index in [4.69, 9.17) is 4.74 Å². The number of ether oxygens (including phenoxy) is 1. The predicted octanol–water partition coefficient (Wildman–Crippen LogP) is 4.02. The molecular formula is C26H30N2O5. The normalized spacial score (nSPS) is 18.2. The molecule has 0 aromatic heterocycles. The maximum atomic E-state index is 13.0. The van der Waals surface area contributed by atoms with Crippen LogP contribution in [0.15, 0.2) is 48.5 Å². The first-order valence-electron chi connectivity index (χ1n) is 11.6. The van der Waals surface area contributed by atoms with Crippen molar-refractivity contribution < 1.29 is 24.2 Å². The van der Waals surface area contributed by atoms with Crippen molar-refractivity contribution in [2.24, 2.45) is 5.92 Å². The standard InChI is InChI=1S/C26H30N2O5/c1-2-8-23(24(29)28-14-7-9-17(15-28)25(30)31)27-26(32)33-16-22-20-12-5-3-10-18(20)19-11-4-6-13-21(19)22/h3-6,10-13,17,22-23H,2,7-9,14-16H2,1H3,(H,27,32)(H,30,31)/t17-,23?/m0/s1. The number of likely N-dealkylation sites (tertiary alicyclic amines) is 1. The highest BCUT2D eigenvalue weighted by Crippen LogP contribution is 2.44. The summed E-state index contributed by atoms with van der Waals surface area (Å²) in [5.74, 6) is -1.73. The van der Waals surface area contributed by atoms with E-state index < -0.39 is 24.0 Å². The molecule has 1 unspecified atom stereocenters. The van der Waals surface area contributed by atoms with Crippen LogP contribution in [-0.4, -0.2) is 53.7 Å². The SMILES string of the molecule is CCCC(NC(=O)OCC1c2ccccc2-c2ccccc21)C(=O)N1CCC[C@H](C(=O)O)C1. The number of rotatable bonds is 7. The number of piperidine rings is 1. The lowest BCUT2D eigenvalue weighted by atomic mass is 9.97. The number of carboxylic acids is 1. The Balaban J connectivity index is 1.40. The summed E-state index contributed by atoms with van der Waals surface area (Å²) >= 11 is 0. The van der Waals surface area contributed by atoms with Crippen LogP contribution in [0.2, 0.25) is 0 Å². The zero-order valence-electron chi connectivity index (χ0n) is 18.8. The summed E-state index contributed by atoms with van der Waals surface area (Å²) in [6.07, 6.45) is 1.76. The largest absolute Gasteiger partial charge is 0.481 e. The Morgan fingerprint density at radius 3 is 2.33 bits per heavy atom. The van der Waals surface area contributed by atoms with Crippen LogP contribution >= 0.6 is 0 Å². The van der Waals surface area contributed by atoms with Gasteiger partial charge >= 0.3 is 12.1 Å². The molecule has 2 atom stereocenters. The van der Waals surface area contributed by atoms with Crippen LogP contribution < -0.4 is 5.32 Å². The maximum absolute atomic E-state index is 13.0. The molecule has 2 aromatic carbocycles. The van der Waals surface area contributed by atoms with Gasteiger partial charge < -0.3 is 20.1 Å². The number of nitrogens with one attached hydrogen (secondary N) is 1. The molecule has 4 rings (SSSR count). The molecule has 2 amide bonds. The monoisotopic (exact) mass is 450 g/mol. The van der Waals surface area contributed by atoms with Crippen molar-refractivity contribution in [3.8, 4) is 11.1 Å². The van der Waals surface area contributed by atoms with Crippen molar-refractivity contribution in [1.82, 2.24) is 10.2 Å². The maximum Gasteiger partial charge on any atom is 0.407 e. The fourth-order valence-corrected chi connectivity index (χ4v) is 4.93. The van der Waals surface area contributed by atoms with E-state index in [1.54, 1.807) is 4.90 Å². The first-order chi connectivity index (χ1) is 16.0. The van der Waals surface area contributed by atoms with Crippen molar-refractivity contribution in [3.05, 3.63) is 59.7 Å². The lowest BCUT2D eigenvalue weighted by Crippen LogP contribution is -2.52. The highest BCUT2D eigenvalue weighted by molar-refractivity contribution is 5.86. The number of nitrogens with zero attached hydrogens (tertiary/aromatic N) is 1. The topological polar surface area (TPSA) is 95.9 Å². The summed E-state index contributed by atoms with van der Waals surface area (Å²) in [7, 11) is 0. The number of fused-ring (bicyclic) bond motifs is 3. The fourth-order valence-electron chi connectivity index (χ4n) is 4.93. The second-order valence-electron chi connectivity index (χ2n) is 8.77. The number of amides is 2. The third-order valence-electron chi connectivity index (χ3n) is 6.59. The van der Waals surface area contributed by atoms with E-state index in [2.05, 4.69) is 29.6 Å². The van der Waals surface area contributed by atoms with Gasteiger partial charge in [-0.3, -0.25) is 9.59 Å². The lowest BCUT2D eigenvalue weighted by molar-refractivity contribution is -0.146. The molecule has 33 heavy (non-hydrogen) atoms. The molecule has 7 nitrogen and oxygen atoms in total. The van der Waals surface area contributed by atoms with Crippen molar-refractivity contribution >= 4 is 18.0 Å². The van der Waals surface area contributed by atoms with Crippen LogP contribution in [-0.2, 0) is 14.3 Å². The van der Waals surface area contributed by atoms with Crippen LogP contribution in [0.4, 0.5) is 4.79 Å². The van der Waals surface area contributed by atoms with Crippen LogP contribution in [0.1, 0.15) is 49.7 Å². The zero-order valence-corrected chi connectivity index (χ0v) is 18.8. The van der Waals surface area contributed by atoms with Gasteiger partial charge in [-0.15, -0.1) is 0 Å². The molecule has 1 heterocycles. The Kier molecular flexibility index (Phi) is 6.96. The van der Waals surface area contributed by atoms with Gasteiger partial charge in [-0.25, -0.2) is 4.79 Å². The van der Waals surface area contributed by atoms with Gasteiger partial charge in [0.1, 0.15) is 12.6 Å². The molecule has 2 N–H and O–H groups in total. The summed E-state index contributed by atoms with van der Waals surface area (Å²) in [4.78, 5) is 38.6. The minimum absolute atomic E-state index is 0.0538. The highest BCUT2D eigenvalue weighted by Gasteiger charge is 2.33. The summed E-state index contributed by atoms with van der Waals surface area (Å²) in [5, 5.41) is 12.0. The number of alkyl carbamates (subject to hydrolysis) is 1. The first-order valence-corrected chi connectivity index (χ1v) is 11.6. The zero-order chi connectivity index (χ0) is 23.4. The van der Waals surface area contributed by atoms with E-state index in [9.17, 15) is 19.5 Å². The number of hydrogen-bond acceptors (Lipinski definition) is 4. The van der Waals surface area contributed by atoms with Crippen LogP contribution in [0.25, 0.3) is 11.1 Å². The molecule has 7 heteroatoms. The fraction of sp³-hybridized carbons (Fsp3) is 0.423. The predicted molar refractivity (Wildman–Crippen MR) is 124 cm³/mol. The van der Waals surface area contributed by atoms with Crippen molar-refractivity contribution in [1.29, 1.82) is 0 Å². The average molecular weight is 451 g/mol. The van der Waals surface area contributed by atoms with Crippen LogP contribution in [0.3, 0.4) is 0 Å². The van der Waals surface area contributed by atoms with Gasteiger partial charge in [0, 0.05) is 19.0 Å². The molecule has 1 fully saturated rings. The van der Waals surface area contributed by atoms with E-state index in [0.29, 0.717) is 32.2 Å². The van der Waals surface area contributed by atoms with Crippen molar-refractivity contribution in [3.63, 3.8) is 0 Å². The summed E-state index contributed by atoms with van der Waals surface area (Å²) in [6.45, 7) is 2.81. The Hall–Kier alpha value is -3.35. The number of benzene rings is 2. The van der Waals surface area contributed by atoms with Crippen molar-refractivity contribution in [2.45, 2.75) is 44.6 Å². The molecule has 0 spiro atoms. The number of carbonyl (C=O) groups is 3. The Labute approximate surface area is 193 Å². The van der Waals surface area contributed by atoms with Gasteiger partial charge in [-0.05, 0) is 41.5 Å². The van der Waals surface area contributed by atoms with Gasteiger partial charge in [0.2, 0.25) is 5.91 Å². The molecule has 0 saturated carbocycles. The summed E-state index contributed by atoms with van der Waals surface area (Å²) < 4.78 is 5.60. The molecule has 0 radical (unpaired) electrons. The molecule has 1 saturated heterocycles. The van der Waals surface area contributed by atoms with E-state index in [1.165, 1.54) is 0 Å². The van der Waals surface area contributed by atoms with E-state index in [0.717, 1.165) is 22.3 Å². The second-order valence-corrected chi connectivity index (χ2v) is 8.77. The molecule has 2 aliphatic rings. The highest BCUT2D eigenvalue weighted by atomic mass is 16.5. The van der Waals surface area contributed by atoms with Crippen LogP contribution in [0.5, 0.6) is 0 Å². The second kappa shape index (κ2) is 10.1. The van der Waals surface area contributed by atoms with Crippen molar-refractivity contribution in [2.75, 3.05) is 19.7 Å². The van der Waals surface area contributed by atoms with Crippen LogP contribution in [0, 0.1) is 5.92 Å². The van der Waals surface area contributed by atoms with Gasteiger partial charge in [0.25, 0.3) is 0 Å². The Bertz CT molecular complexity index is 991. The van der Waals surface area contributed by atoms with E-state index in [-0.39, 0.29) is 25.0 Å². The lowest BCUT2D eigenvalue weighted by Gasteiger charge is -2.33. The molecule has 0 bridgehead atoms. The smallest absolute Gasteiger partial charge is 0.407 e. The van der Waals surface area contributed by atoms with Gasteiger partial charge in [-0.2, -0.15) is 0 Å². The van der Waals surface area contributed by atoms with Gasteiger partial charge in [-0.1, -0.05) is 61.9 Å². The number of aliphatic carboxylic acids is 1. The molecule has 2 aromatic rings. The van der Waals surface area contributed by atoms with E-state index >= 15 is 0 Å². The first kappa shape index (κ1) is 22.8. The Morgan fingerprint density at radius 2 is 1.73 bits per heavy atom. The quantitative estimate of drug-likeness (QED) is 0.664. The number of carbonyl (C=O) groups excluding carboxylic acids is 2. The minimum atomic E-state index is -0.885. The van der Waals surface area contributed by atoms with Gasteiger partial charge in [0.15, 0.2) is 0 Å². The molecule has 1 aliphatic carbocycles. The minimum Gasteiger partial charge on any atom is -0.481 e. The summed E-state index contributed by atoms with van der Waals surface area (Å²) in [5.41, 5.74) is 4.56. The average Bonchev–Trinajstić information content (AvgIpc) is 3.16. The molecule has 1 aliphatic heterocycles.